The Bertz CT molecular complexity index is 1360. The molecule has 242 valence electrons. The number of para-hydroxylation sites is 1. The van der Waals surface area contributed by atoms with Gasteiger partial charge < -0.3 is 24.6 Å². The van der Waals surface area contributed by atoms with E-state index in [-0.39, 0.29) is 25.1 Å². The molecule has 0 saturated carbocycles. The van der Waals surface area contributed by atoms with Crippen molar-refractivity contribution in [3.8, 4) is 0 Å². The highest BCUT2D eigenvalue weighted by molar-refractivity contribution is 5.91. The first-order valence-corrected chi connectivity index (χ1v) is 16.6. The van der Waals surface area contributed by atoms with E-state index in [1.807, 2.05) is 59.2 Å². The van der Waals surface area contributed by atoms with Crippen molar-refractivity contribution >= 4 is 24.1 Å². The maximum absolute atomic E-state index is 13.9. The number of amides is 3. The number of nitrogens with zero attached hydrogens (tertiary/aromatic N) is 5. The average Bonchev–Trinajstić information content (AvgIpc) is 3.22. The summed E-state index contributed by atoms with van der Waals surface area (Å²) >= 11 is 0. The summed E-state index contributed by atoms with van der Waals surface area (Å²) < 4.78 is 5.94. The number of ether oxygens (including phenoxy) is 1. The normalized spacial score (nSPS) is 25.7. The molecule has 3 amide bonds. The maximum atomic E-state index is 13.9. The van der Waals surface area contributed by atoms with E-state index in [2.05, 4.69) is 33.1 Å². The molecule has 4 aliphatic heterocycles. The van der Waals surface area contributed by atoms with Gasteiger partial charge in [0.1, 0.15) is 18.6 Å². The Morgan fingerprint density at radius 3 is 2.47 bits per heavy atom. The molecular weight excluding hydrogens is 568 g/mol. The van der Waals surface area contributed by atoms with Crippen LogP contribution in [0.25, 0.3) is 0 Å². The van der Waals surface area contributed by atoms with Crippen LogP contribution in [0.2, 0.25) is 0 Å². The van der Waals surface area contributed by atoms with Gasteiger partial charge >= 0.3 is 12.1 Å². The van der Waals surface area contributed by atoms with Crippen molar-refractivity contribution in [2.75, 3.05) is 64.7 Å². The number of hydrogen-bond acceptors (Lipinski definition) is 7. The Labute approximate surface area is 267 Å². The number of piperidine rings is 2. The van der Waals surface area contributed by atoms with Gasteiger partial charge in [-0.25, -0.2) is 9.59 Å². The molecular formula is C35H48N6O4. The molecule has 10 heteroatoms. The van der Waals surface area contributed by atoms with Gasteiger partial charge in [-0.15, -0.1) is 0 Å². The quantitative estimate of drug-likeness (QED) is 0.467. The van der Waals surface area contributed by atoms with Crippen LogP contribution in [0.5, 0.6) is 0 Å². The molecule has 4 heterocycles. The van der Waals surface area contributed by atoms with Crippen molar-refractivity contribution < 1.29 is 19.1 Å². The first-order chi connectivity index (χ1) is 21.9. The number of likely N-dealkylation sites (tertiary alicyclic amines) is 2. The van der Waals surface area contributed by atoms with Crippen LogP contribution in [0, 0.1) is 6.92 Å². The smallest absolute Gasteiger partial charge is 0.411 e. The number of piperazine rings is 1. The number of aryl methyl sites for hydroxylation is 1. The predicted molar refractivity (Wildman–Crippen MR) is 174 cm³/mol. The molecule has 3 fully saturated rings. The molecule has 45 heavy (non-hydrogen) atoms. The Hall–Kier alpha value is -3.47. The van der Waals surface area contributed by atoms with E-state index in [0.29, 0.717) is 32.0 Å². The lowest BCUT2D eigenvalue weighted by molar-refractivity contribution is -0.130. The monoisotopic (exact) mass is 616 g/mol. The van der Waals surface area contributed by atoms with Gasteiger partial charge in [-0.1, -0.05) is 48.0 Å². The molecule has 0 aliphatic carbocycles. The topological polar surface area (TPSA) is 88.7 Å². The lowest BCUT2D eigenvalue weighted by atomic mass is 9.85. The highest BCUT2D eigenvalue weighted by Gasteiger charge is 2.52. The van der Waals surface area contributed by atoms with Gasteiger partial charge in [0, 0.05) is 69.9 Å². The number of aldehydes is 1. The zero-order chi connectivity index (χ0) is 31.4. The number of rotatable bonds is 7. The van der Waals surface area contributed by atoms with Crippen molar-refractivity contribution in [3.63, 3.8) is 0 Å². The molecule has 0 aromatic heterocycles. The van der Waals surface area contributed by atoms with Crippen LogP contribution in [0.1, 0.15) is 48.8 Å². The second-order valence-electron chi connectivity index (χ2n) is 13.3. The second-order valence-corrected chi connectivity index (χ2v) is 13.3. The largest absolute Gasteiger partial charge is 0.445 e. The summed E-state index contributed by atoms with van der Waals surface area (Å²) in [6, 6.07) is 16.3. The molecule has 6 rings (SSSR count). The zero-order valence-corrected chi connectivity index (χ0v) is 26.8. The van der Waals surface area contributed by atoms with Gasteiger partial charge in [-0.2, -0.15) is 0 Å². The minimum absolute atomic E-state index is 0.118. The number of fused-ring (bicyclic) bond motifs is 1. The van der Waals surface area contributed by atoms with Crippen molar-refractivity contribution in [1.82, 2.24) is 24.5 Å². The molecule has 3 saturated heterocycles. The standard InChI is InChI=1S/C35H48N6O4/c1-27-6-5-7-28(24-27)26-45-34(44)41-18-13-31(40-17-10-29-8-3-4-9-32(29)36-33(40)43)25-35(41,14-23-42)39-21-19-38(20-22-39)30-11-15-37(2)16-12-30/h3-9,23-24,30-31H,10-22,25-26H2,1-2H3,(H,36,43)/t31-,35+/m1/s1. The van der Waals surface area contributed by atoms with E-state index in [1.54, 1.807) is 0 Å². The predicted octanol–water partition coefficient (Wildman–Crippen LogP) is 4.18. The summed E-state index contributed by atoms with van der Waals surface area (Å²) in [7, 11) is 2.19. The van der Waals surface area contributed by atoms with Crippen LogP contribution >= 0.6 is 0 Å². The van der Waals surface area contributed by atoms with E-state index in [9.17, 15) is 14.4 Å². The summed E-state index contributed by atoms with van der Waals surface area (Å²) in [5.41, 5.74) is 3.15. The second kappa shape index (κ2) is 13.9. The Morgan fingerprint density at radius 2 is 1.71 bits per heavy atom. The van der Waals surface area contributed by atoms with Crippen LogP contribution in [-0.4, -0.2) is 120 Å². The first-order valence-electron chi connectivity index (χ1n) is 16.6. The molecule has 4 aliphatic rings. The van der Waals surface area contributed by atoms with E-state index in [0.717, 1.165) is 74.4 Å². The SMILES string of the molecule is Cc1cccc(COC(=O)N2CC[C@@H](N3CCc4ccccc4NC3=O)C[C@@]2(CC=O)N2CCN(C3CCN(C)CC3)CC2)c1. The third-order valence-electron chi connectivity index (χ3n) is 10.5. The molecule has 2 aromatic rings. The minimum atomic E-state index is -0.868. The number of carbonyl (C=O) groups is 3. The van der Waals surface area contributed by atoms with Gasteiger partial charge in [0.15, 0.2) is 0 Å². The molecule has 0 bridgehead atoms. The highest BCUT2D eigenvalue weighted by atomic mass is 16.6. The molecule has 1 N–H and O–H groups in total. The van der Waals surface area contributed by atoms with Crippen molar-refractivity contribution in [1.29, 1.82) is 0 Å². The number of hydrogen-bond donors (Lipinski definition) is 1. The van der Waals surface area contributed by atoms with E-state index in [4.69, 9.17) is 4.74 Å². The van der Waals surface area contributed by atoms with Crippen LogP contribution in [0.4, 0.5) is 15.3 Å². The van der Waals surface area contributed by atoms with Crippen molar-refractivity contribution in [2.45, 2.75) is 69.8 Å². The third-order valence-corrected chi connectivity index (χ3v) is 10.5. The lowest BCUT2D eigenvalue weighted by Crippen LogP contribution is -2.71. The third kappa shape index (κ3) is 6.88. The summed E-state index contributed by atoms with van der Waals surface area (Å²) in [5.74, 6) is 0. The molecule has 0 unspecified atom stereocenters. The van der Waals surface area contributed by atoms with Crippen LogP contribution < -0.4 is 5.32 Å². The molecule has 0 spiro atoms. The van der Waals surface area contributed by atoms with E-state index in [1.165, 1.54) is 12.8 Å². The number of carbonyl (C=O) groups excluding carboxylic acids is 3. The molecule has 0 radical (unpaired) electrons. The number of nitrogens with one attached hydrogen (secondary N) is 1. The van der Waals surface area contributed by atoms with Gasteiger partial charge in [-0.05, 0) is 69.9 Å². The van der Waals surface area contributed by atoms with Gasteiger partial charge in [0.25, 0.3) is 0 Å². The van der Waals surface area contributed by atoms with Gasteiger partial charge in [0.05, 0.1) is 0 Å². The fourth-order valence-corrected chi connectivity index (χ4v) is 7.99. The summed E-state index contributed by atoms with van der Waals surface area (Å²) in [6.07, 6.45) is 4.94. The Kier molecular flexibility index (Phi) is 9.72. The number of anilines is 1. The highest BCUT2D eigenvalue weighted by Crippen LogP contribution is 2.39. The van der Waals surface area contributed by atoms with E-state index >= 15 is 0 Å². The fourth-order valence-electron chi connectivity index (χ4n) is 7.99. The summed E-state index contributed by atoms with van der Waals surface area (Å²) in [6.45, 7) is 8.73. The van der Waals surface area contributed by atoms with Crippen LogP contribution in [-0.2, 0) is 22.6 Å². The Balaban J connectivity index is 1.23. The van der Waals surface area contributed by atoms with Gasteiger partial charge in [-0.3, -0.25) is 14.7 Å². The Morgan fingerprint density at radius 1 is 0.956 bits per heavy atom. The number of benzene rings is 2. The zero-order valence-electron chi connectivity index (χ0n) is 26.8. The van der Waals surface area contributed by atoms with Gasteiger partial charge in [0.2, 0.25) is 0 Å². The first kappa shape index (κ1) is 31.5. The molecule has 2 aromatic carbocycles. The molecule has 10 nitrogen and oxygen atoms in total. The van der Waals surface area contributed by atoms with E-state index < -0.39 is 11.8 Å². The maximum Gasteiger partial charge on any atom is 0.411 e. The lowest BCUT2D eigenvalue weighted by Gasteiger charge is -2.57. The molecule has 2 atom stereocenters. The van der Waals surface area contributed by atoms with Crippen LogP contribution in [0.3, 0.4) is 0 Å². The van der Waals surface area contributed by atoms with Crippen LogP contribution in [0.15, 0.2) is 48.5 Å². The summed E-state index contributed by atoms with van der Waals surface area (Å²) in [5, 5.41) is 3.12. The summed E-state index contributed by atoms with van der Waals surface area (Å²) in [4.78, 5) is 51.1. The number of urea groups is 1. The van der Waals surface area contributed by atoms with Crippen molar-refractivity contribution in [3.05, 3.63) is 65.2 Å². The fraction of sp³-hybridized carbons (Fsp3) is 0.571. The average molecular weight is 617 g/mol. The van der Waals surface area contributed by atoms with Crippen molar-refractivity contribution in [2.24, 2.45) is 0 Å². The minimum Gasteiger partial charge on any atom is -0.445 e.